The Labute approximate surface area is 98.2 Å². The van der Waals surface area contributed by atoms with Crippen molar-refractivity contribution < 1.29 is 5.11 Å². The minimum atomic E-state index is 0.197. The number of rotatable bonds is 2. The summed E-state index contributed by atoms with van der Waals surface area (Å²) in [4.78, 5) is 2.30. The molecule has 1 aliphatic rings. The second kappa shape index (κ2) is 4.96. The molecule has 1 aromatic carbocycles. The lowest BCUT2D eigenvalue weighted by atomic mass is 10.2. The van der Waals surface area contributed by atoms with E-state index in [4.69, 9.17) is 5.11 Å². The molecule has 0 unspecified atom stereocenters. The lowest BCUT2D eigenvalue weighted by molar-refractivity contribution is 0.235. The Morgan fingerprint density at radius 3 is 2.80 bits per heavy atom. The van der Waals surface area contributed by atoms with Gasteiger partial charge < -0.3 is 15.3 Å². The third-order valence-corrected chi connectivity index (χ3v) is 3.20. The van der Waals surface area contributed by atoms with Gasteiger partial charge in [-0.1, -0.05) is 15.9 Å². The molecule has 1 atom stereocenters. The maximum atomic E-state index is 9.10. The first-order valence-electron chi connectivity index (χ1n) is 5.14. The van der Waals surface area contributed by atoms with Crippen molar-refractivity contribution in [3.63, 3.8) is 0 Å². The molecule has 0 spiro atoms. The second-order valence-corrected chi connectivity index (χ2v) is 4.67. The minimum Gasteiger partial charge on any atom is -0.395 e. The Morgan fingerprint density at radius 1 is 1.40 bits per heavy atom. The summed E-state index contributed by atoms with van der Waals surface area (Å²) >= 11 is 3.42. The SMILES string of the molecule is OC[C@@H]1CN(c2ccc(Br)cc2)CCN1. The van der Waals surface area contributed by atoms with Crippen molar-refractivity contribution in [1.29, 1.82) is 0 Å². The Kier molecular flexibility index (Phi) is 3.61. The maximum absolute atomic E-state index is 9.10. The molecule has 1 fully saturated rings. The number of hydrogen-bond donors (Lipinski definition) is 2. The predicted molar refractivity (Wildman–Crippen MR) is 65.2 cm³/mol. The van der Waals surface area contributed by atoms with E-state index < -0.39 is 0 Å². The van der Waals surface area contributed by atoms with Crippen LogP contribution in [0.25, 0.3) is 0 Å². The summed E-state index contributed by atoms with van der Waals surface area (Å²) in [6, 6.07) is 8.49. The van der Waals surface area contributed by atoms with Gasteiger partial charge in [0.15, 0.2) is 0 Å². The number of nitrogens with zero attached hydrogens (tertiary/aromatic N) is 1. The average Bonchev–Trinajstić information content (AvgIpc) is 2.30. The molecule has 0 aromatic heterocycles. The molecule has 3 nitrogen and oxygen atoms in total. The van der Waals surface area contributed by atoms with Gasteiger partial charge in [0.2, 0.25) is 0 Å². The maximum Gasteiger partial charge on any atom is 0.0601 e. The molecule has 1 saturated heterocycles. The second-order valence-electron chi connectivity index (χ2n) is 3.76. The zero-order valence-electron chi connectivity index (χ0n) is 8.49. The number of anilines is 1. The Hall–Kier alpha value is -0.580. The summed E-state index contributed by atoms with van der Waals surface area (Å²) in [7, 11) is 0. The van der Waals surface area contributed by atoms with Crippen LogP contribution in [0.15, 0.2) is 28.7 Å². The fourth-order valence-electron chi connectivity index (χ4n) is 1.83. The van der Waals surface area contributed by atoms with Crippen molar-refractivity contribution in [3.05, 3.63) is 28.7 Å². The highest BCUT2D eigenvalue weighted by atomic mass is 79.9. The molecular weight excluding hydrogens is 256 g/mol. The molecule has 0 bridgehead atoms. The van der Waals surface area contributed by atoms with Crippen LogP contribution in [-0.4, -0.2) is 37.4 Å². The highest BCUT2D eigenvalue weighted by Gasteiger charge is 2.18. The van der Waals surface area contributed by atoms with E-state index in [0.29, 0.717) is 0 Å². The van der Waals surface area contributed by atoms with Crippen molar-refractivity contribution in [1.82, 2.24) is 5.32 Å². The van der Waals surface area contributed by atoms with Crippen LogP contribution in [0.1, 0.15) is 0 Å². The van der Waals surface area contributed by atoms with Gasteiger partial charge in [0.25, 0.3) is 0 Å². The van der Waals surface area contributed by atoms with Crippen LogP contribution in [0.3, 0.4) is 0 Å². The fraction of sp³-hybridized carbons (Fsp3) is 0.455. The van der Waals surface area contributed by atoms with E-state index in [0.717, 1.165) is 24.1 Å². The summed E-state index contributed by atoms with van der Waals surface area (Å²) in [5.74, 6) is 0. The van der Waals surface area contributed by atoms with Gasteiger partial charge in [-0.15, -0.1) is 0 Å². The van der Waals surface area contributed by atoms with Crippen LogP contribution >= 0.6 is 15.9 Å². The number of aliphatic hydroxyl groups is 1. The molecule has 0 radical (unpaired) electrons. The first-order chi connectivity index (χ1) is 7.29. The number of piperazine rings is 1. The van der Waals surface area contributed by atoms with Crippen molar-refractivity contribution in [2.75, 3.05) is 31.1 Å². The molecule has 2 N–H and O–H groups in total. The summed E-state index contributed by atoms with van der Waals surface area (Å²) in [5, 5.41) is 12.4. The van der Waals surface area contributed by atoms with E-state index in [1.807, 2.05) is 12.1 Å². The van der Waals surface area contributed by atoms with Crippen LogP contribution in [0.2, 0.25) is 0 Å². The molecule has 82 valence electrons. The number of benzene rings is 1. The lowest BCUT2D eigenvalue weighted by Crippen LogP contribution is -2.52. The first kappa shape index (κ1) is 10.9. The third-order valence-electron chi connectivity index (χ3n) is 2.67. The van der Waals surface area contributed by atoms with Crippen molar-refractivity contribution in [2.45, 2.75) is 6.04 Å². The molecule has 1 aromatic rings. The zero-order chi connectivity index (χ0) is 10.7. The van der Waals surface area contributed by atoms with Crippen molar-refractivity contribution in [3.8, 4) is 0 Å². The highest BCUT2D eigenvalue weighted by molar-refractivity contribution is 9.10. The molecular formula is C11H15BrN2O. The molecule has 4 heteroatoms. The van der Waals surface area contributed by atoms with Crippen LogP contribution < -0.4 is 10.2 Å². The van der Waals surface area contributed by atoms with Gasteiger partial charge >= 0.3 is 0 Å². The number of hydrogen-bond acceptors (Lipinski definition) is 3. The highest BCUT2D eigenvalue weighted by Crippen LogP contribution is 2.19. The van der Waals surface area contributed by atoms with Crippen LogP contribution in [-0.2, 0) is 0 Å². The smallest absolute Gasteiger partial charge is 0.0601 e. The third kappa shape index (κ3) is 2.71. The molecule has 2 rings (SSSR count). The quantitative estimate of drug-likeness (QED) is 0.849. The van der Waals surface area contributed by atoms with Crippen LogP contribution in [0.4, 0.5) is 5.69 Å². The lowest BCUT2D eigenvalue weighted by Gasteiger charge is -2.34. The number of aliphatic hydroxyl groups excluding tert-OH is 1. The minimum absolute atomic E-state index is 0.197. The van der Waals surface area contributed by atoms with E-state index in [2.05, 4.69) is 38.3 Å². The largest absolute Gasteiger partial charge is 0.395 e. The van der Waals surface area contributed by atoms with E-state index in [-0.39, 0.29) is 12.6 Å². The molecule has 15 heavy (non-hydrogen) atoms. The van der Waals surface area contributed by atoms with Crippen LogP contribution in [0.5, 0.6) is 0 Å². The molecule has 1 heterocycles. The Bertz CT molecular complexity index is 315. The van der Waals surface area contributed by atoms with E-state index in [1.165, 1.54) is 5.69 Å². The van der Waals surface area contributed by atoms with E-state index >= 15 is 0 Å². The van der Waals surface area contributed by atoms with Gasteiger partial charge in [-0.05, 0) is 24.3 Å². The fourth-order valence-corrected chi connectivity index (χ4v) is 2.10. The monoisotopic (exact) mass is 270 g/mol. The van der Waals surface area contributed by atoms with Gasteiger partial charge in [0, 0.05) is 35.8 Å². The van der Waals surface area contributed by atoms with Gasteiger partial charge in [-0.25, -0.2) is 0 Å². The molecule has 0 amide bonds. The van der Waals surface area contributed by atoms with E-state index in [1.54, 1.807) is 0 Å². The van der Waals surface area contributed by atoms with Crippen molar-refractivity contribution in [2.24, 2.45) is 0 Å². The summed E-state index contributed by atoms with van der Waals surface area (Å²) in [5.41, 5.74) is 1.22. The van der Waals surface area contributed by atoms with Gasteiger partial charge in [0.05, 0.1) is 6.61 Å². The Morgan fingerprint density at radius 2 is 2.13 bits per heavy atom. The summed E-state index contributed by atoms with van der Waals surface area (Å²) < 4.78 is 1.10. The topological polar surface area (TPSA) is 35.5 Å². The molecule has 1 aliphatic heterocycles. The number of halogens is 1. The normalized spacial score (nSPS) is 21.7. The molecule has 0 aliphatic carbocycles. The summed E-state index contributed by atoms with van der Waals surface area (Å²) in [6.45, 7) is 3.00. The van der Waals surface area contributed by atoms with Crippen LogP contribution in [0, 0.1) is 0 Å². The standard InChI is InChI=1S/C11H15BrN2O/c12-9-1-3-11(4-2-9)14-6-5-13-10(7-14)8-15/h1-4,10,13,15H,5-8H2/t10-/m0/s1. The van der Waals surface area contributed by atoms with Crippen molar-refractivity contribution >= 4 is 21.6 Å². The molecule has 0 saturated carbocycles. The number of nitrogens with one attached hydrogen (secondary N) is 1. The summed E-state index contributed by atoms with van der Waals surface area (Å²) in [6.07, 6.45) is 0. The average molecular weight is 271 g/mol. The van der Waals surface area contributed by atoms with Gasteiger partial charge in [0.1, 0.15) is 0 Å². The van der Waals surface area contributed by atoms with E-state index in [9.17, 15) is 0 Å². The Balaban J connectivity index is 2.06. The predicted octanol–water partition coefficient (Wildman–Crippen LogP) is 1.22. The van der Waals surface area contributed by atoms with Gasteiger partial charge in [-0.3, -0.25) is 0 Å². The zero-order valence-corrected chi connectivity index (χ0v) is 10.1. The first-order valence-corrected chi connectivity index (χ1v) is 5.93. The van der Waals surface area contributed by atoms with Gasteiger partial charge in [-0.2, -0.15) is 0 Å².